The Morgan fingerprint density at radius 1 is 1.32 bits per heavy atom. The molecule has 1 aromatic carbocycles. The smallest absolute Gasteiger partial charge is 0.416 e. The number of hydrogen-bond donors (Lipinski definition) is 1. The maximum atomic E-state index is 12.8. The van der Waals surface area contributed by atoms with Crippen molar-refractivity contribution in [2.45, 2.75) is 12.7 Å². The number of rotatable bonds is 3. The van der Waals surface area contributed by atoms with Crippen molar-refractivity contribution in [3.8, 4) is 0 Å². The van der Waals surface area contributed by atoms with E-state index >= 15 is 0 Å². The highest BCUT2D eigenvalue weighted by atomic mass is 19.4. The zero-order chi connectivity index (χ0) is 14.0. The van der Waals surface area contributed by atoms with Crippen molar-refractivity contribution in [2.24, 2.45) is 0 Å². The molecular formula is C12H9F3N2O2. The Hall–Kier alpha value is -2.31. The van der Waals surface area contributed by atoms with Gasteiger partial charge in [-0.1, -0.05) is 18.2 Å². The van der Waals surface area contributed by atoms with E-state index in [9.17, 15) is 18.0 Å². The van der Waals surface area contributed by atoms with Crippen molar-refractivity contribution in [1.29, 1.82) is 0 Å². The summed E-state index contributed by atoms with van der Waals surface area (Å²) in [7, 11) is 0. The Labute approximate surface area is 106 Å². The molecule has 19 heavy (non-hydrogen) atoms. The Bertz CT molecular complexity index is 605. The van der Waals surface area contributed by atoms with Gasteiger partial charge in [0.1, 0.15) is 5.69 Å². The molecule has 1 heterocycles. The van der Waals surface area contributed by atoms with Crippen molar-refractivity contribution < 1.29 is 23.1 Å². The lowest BCUT2D eigenvalue weighted by molar-refractivity contribution is -0.138. The lowest BCUT2D eigenvalue weighted by Gasteiger charge is -2.13. The van der Waals surface area contributed by atoms with E-state index in [4.69, 9.17) is 5.11 Å². The van der Waals surface area contributed by atoms with Crippen LogP contribution in [0, 0.1) is 0 Å². The summed E-state index contributed by atoms with van der Waals surface area (Å²) >= 11 is 0. The summed E-state index contributed by atoms with van der Waals surface area (Å²) in [6.07, 6.45) is -2.18. The Morgan fingerprint density at radius 3 is 2.63 bits per heavy atom. The predicted molar refractivity (Wildman–Crippen MR) is 59.7 cm³/mol. The number of carboxylic acid groups (broad SMARTS) is 1. The van der Waals surface area contributed by atoms with Gasteiger partial charge in [0.2, 0.25) is 0 Å². The van der Waals surface area contributed by atoms with Gasteiger partial charge in [0, 0.05) is 6.54 Å². The van der Waals surface area contributed by atoms with Crippen LogP contribution < -0.4 is 0 Å². The molecule has 4 nitrogen and oxygen atoms in total. The van der Waals surface area contributed by atoms with E-state index in [2.05, 4.69) is 4.98 Å². The van der Waals surface area contributed by atoms with Crippen molar-refractivity contribution >= 4 is 5.97 Å². The number of carboxylic acids is 1. The molecule has 1 N–H and O–H groups in total. The number of nitrogens with zero attached hydrogens (tertiary/aromatic N) is 2. The highest BCUT2D eigenvalue weighted by Crippen LogP contribution is 2.32. The number of carbonyl (C=O) groups is 1. The summed E-state index contributed by atoms with van der Waals surface area (Å²) in [6, 6.07) is 5.04. The third kappa shape index (κ3) is 2.75. The maximum Gasteiger partial charge on any atom is 0.416 e. The number of alkyl halides is 3. The summed E-state index contributed by atoms with van der Waals surface area (Å²) < 4.78 is 39.5. The first-order chi connectivity index (χ1) is 8.89. The molecule has 2 rings (SSSR count). The molecule has 0 saturated carbocycles. The van der Waals surface area contributed by atoms with Crippen LogP contribution in [0.4, 0.5) is 13.2 Å². The number of aromatic carboxylic acids is 1. The molecule has 2 aromatic rings. The zero-order valence-corrected chi connectivity index (χ0v) is 9.55. The van der Waals surface area contributed by atoms with Gasteiger partial charge in [-0.15, -0.1) is 0 Å². The van der Waals surface area contributed by atoms with Gasteiger partial charge in [0.05, 0.1) is 18.1 Å². The first-order valence-electron chi connectivity index (χ1n) is 5.28. The average molecular weight is 270 g/mol. The third-order valence-electron chi connectivity index (χ3n) is 2.59. The van der Waals surface area contributed by atoms with Gasteiger partial charge >= 0.3 is 12.1 Å². The van der Waals surface area contributed by atoms with Crippen LogP contribution in [0.25, 0.3) is 0 Å². The Balaban J connectivity index is 2.39. The van der Waals surface area contributed by atoms with E-state index in [1.54, 1.807) is 0 Å². The molecular weight excluding hydrogens is 261 g/mol. The predicted octanol–water partition coefficient (Wildman–Crippen LogP) is 2.65. The number of imidazole rings is 1. The van der Waals surface area contributed by atoms with E-state index in [0.717, 1.165) is 16.8 Å². The second-order valence-corrected chi connectivity index (χ2v) is 3.87. The third-order valence-corrected chi connectivity index (χ3v) is 2.59. The van der Waals surface area contributed by atoms with Crippen LogP contribution in [-0.4, -0.2) is 20.6 Å². The topological polar surface area (TPSA) is 55.1 Å². The van der Waals surface area contributed by atoms with Crippen molar-refractivity contribution in [3.63, 3.8) is 0 Å². The maximum absolute atomic E-state index is 12.8. The van der Waals surface area contributed by atoms with Crippen LogP contribution in [0.5, 0.6) is 0 Å². The van der Waals surface area contributed by atoms with Crippen LogP contribution in [0.2, 0.25) is 0 Å². The highest BCUT2D eigenvalue weighted by molar-refractivity contribution is 5.85. The molecule has 0 amide bonds. The second-order valence-electron chi connectivity index (χ2n) is 3.87. The minimum atomic E-state index is -4.47. The van der Waals surface area contributed by atoms with Gasteiger partial charge in [0.25, 0.3) is 0 Å². The van der Waals surface area contributed by atoms with Crippen LogP contribution in [-0.2, 0) is 12.7 Å². The first kappa shape index (κ1) is 13.1. The Kier molecular flexibility index (Phi) is 3.28. The molecule has 0 radical (unpaired) electrons. The molecule has 0 aliphatic heterocycles. The second kappa shape index (κ2) is 4.75. The molecule has 0 aliphatic carbocycles. The van der Waals surface area contributed by atoms with E-state index in [0.29, 0.717) is 0 Å². The van der Waals surface area contributed by atoms with Crippen LogP contribution in [0.3, 0.4) is 0 Å². The Morgan fingerprint density at radius 2 is 2.00 bits per heavy atom. The van der Waals surface area contributed by atoms with Gasteiger partial charge in [-0.25, -0.2) is 9.78 Å². The van der Waals surface area contributed by atoms with Gasteiger partial charge in [-0.3, -0.25) is 0 Å². The van der Waals surface area contributed by atoms with Crippen molar-refractivity contribution in [3.05, 3.63) is 53.6 Å². The van der Waals surface area contributed by atoms with Gasteiger partial charge < -0.3 is 9.67 Å². The average Bonchev–Trinajstić information content (AvgIpc) is 2.76. The van der Waals surface area contributed by atoms with Gasteiger partial charge in [0.15, 0.2) is 0 Å². The lowest BCUT2D eigenvalue weighted by Crippen LogP contribution is -2.14. The van der Waals surface area contributed by atoms with Gasteiger partial charge in [-0.2, -0.15) is 13.2 Å². The molecule has 1 aromatic heterocycles. The molecule has 0 bridgehead atoms. The summed E-state index contributed by atoms with van der Waals surface area (Å²) in [4.78, 5) is 14.5. The molecule has 0 atom stereocenters. The normalized spacial score (nSPS) is 11.5. The minimum Gasteiger partial charge on any atom is -0.477 e. The van der Waals surface area contributed by atoms with E-state index < -0.39 is 17.7 Å². The number of hydrogen-bond acceptors (Lipinski definition) is 2. The van der Waals surface area contributed by atoms with Crippen molar-refractivity contribution in [2.75, 3.05) is 0 Å². The summed E-state index contributed by atoms with van der Waals surface area (Å²) in [5.41, 5.74) is -0.937. The summed E-state index contributed by atoms with van der Waals surface area (Å²) in [5.74, 6) is -1.23. The van der Waals surface area contributed by atoms with E-state index in [1.165, 1.54) is 24.5 Å². The fraction of sp³-hybridized carbons (Fsp3) is 0.167. The first-order valence-corrected chi connectivity index (χ1v) is 5.28. The quantitative estimate of drug-likeness (QED) is 0.932. The van der Waals surface area contributed by atoms with Gasteiger partial charge in [-0.05, 0) is 11.6 Å². The number of benzene rings is 1. The van der Waals surface area contributed by atoms with E-state index in [1.807, 2.05) is 0 Å². The fourth-order valence-corrected chi connectivity index (χ4v) is 1.74. The standard InChI is InChI=1S/C12H9F3N2O2/c13-12(14,15)9-4-2-1-3-8(9)6-17-7-16-5-10(17)11(18)19/h1-5,7H,6H2,(H,18,19). The summed E-state index contributed by atoms with van der Waals surface area (Å²) in [6.45, 7) is -0.197. The molecule has 7 heteroatoms. The number of halogens is 3. The van der Waals surface area contributed by atoms with Crippen molar-refractivity contribution in [1.82, 2.24) is 9.55 Å². The SMILES string of the molecule is O=C(O)c1cncn1Cc1ccccc1C(F)(F)F. The fourth-order valence-electron chi connectivity index (χ4n) is 1.74. The zero-order valence-electron chi connectivity index (χ0n) is 9.55. The van der Waals surface area contributed by atoms with Crippen LogP contribution in [0.1, 0.15) is 21.6 Å². The van der Waals surface area contributed by atoms with Crippen LogP contribution in [0.15, 0.2) is 36.8 Å². The highest BCUT2D eigenvalue weighted by Gasteiger charge is 2.33. The molecule has 0 saturated heterocycles. The monoisotopic (exact) mass is 270 g/mol. The molecule has 0 fully saturated rings. The number of aromatic nitrogens is 2. The summed E-state index contributed by atoms with van der Waals surface area (Å²) in [5, 5.41) is 8.88. The molecule has 0 unspecified atom stereocenters. The lowest BCUT2D eigenvalue weighted by atomic mass is 10.1. The van der Waals surface area contributed by atoms with E-state index in [-0.39, 0.29) is 17.8 Å². The minimum absolute atomic E-state index is 0.00417. The molecule has 0 aliphatic rings. The molecule has 100 valence electrons. The van der Waals surface area contributed by atoms with Crippen LogP contribution >= 0.6 is 0 Å². The largest absolute Gasteiger partial charge is 0.477 e. The molecule has 0 spiro atoms.